The SMILES string of the molecule is Cc1cc(NC(=O)COC(=O)C2(c3ccccc3)CC2)n(-c2ccc(F)cc2)n1. The maximum absolute atomic E-state index is 13.2. The molecule has 2 aromatic carbocycles. The second kappa shape index (κ2) is 7.50. The van der Waals surface area contributed by atoms with Crippen LogP contribution in [0.4, 0.5) is 10.2 Å². The van der Waals surface area contributed by atoms with Crippen molar-refractivity contribution in [2.45, 2.75) is 25.2 Å². The monoisotopic (exact) mass is 393 g/mol. The van der Waals surface area contributed by atoms with Crippen LogP contribution in [0.25, 0.3) is 5.69 Å². The molecule has 1 heterocycles. The number of aryl methyl sites for hydroxylation is 1. The molecule has 0 unspecified atom stereocenters. The summed E-state index contributed by atoms with van der Waals surface area (Å²) in [7, 11) is 0. The van der Waals surface area contributed by atoms with Gasteiger partial charge in [0.2, 0.25) is 0 Å². The molecule has 1 saturated carbocycles. The minimum Gasteiger partial charge on any atom is -0.455 e. The van der Waals surface area contributed by atoms with E-state index in [1.165, 1.54) is 16.8 Å². The Kier molecular flexibility index (Phi) is 4.88. The fraction of sp³-hybridized carbons (Fsp3) is 0.227. The molecule has 1 N–H and O–H groups in total. The zero-order valence-corrected chi connectivity index (χ0v) is 15.9. The number of nitrogens with zero attached hydrogens (tertiary/aromatic N) is 2. The third-order valence-corrected chi connectivity index (χ3v) is 4.97. The standard InChI is InChI=1S/C22H20FN3O3/c1-15-13-19(26(25-15)18-9-7-17(23)8-10-18)24-20(27)14-29-21(28)22(11-12-22)16-5-3-2-4-6-16/h2-10,13H,11-12,14H2,1H3,(H,24,27). The molecular weight excluding hydrogens is 373 g/mol. The number of aromatic nitrogens is 2. The van der Waals surface area contributed by atoms with Crippen LogP contribution in [0.2, 0.25) is 0 Å². The molecule has 7 heteroatoms. The first-order valence-corrected chi connectivity index (χ1v) is 9.33. The molecule has 29 heavy (non-hydrogen) atoms. The molecule has 1 aromatic heterocycles. The van der Waals surface area contributed by atoms with E-state index >= 15 is 0 Å². The molecule has 6 nitrogen and oxygen atoms in total. The van der Waals surface area contributed by atoms with Crippen molar-refractivity contribution in [1.29, 1.82) is 0 Å². The van der Waals surface area contributed by atoms with Gasteiger partial charge in [-0.05, 0) is 49.6 Å². The van der Waals surface area contributed by atoms with Crippen molar-refractivity contribution in [3.05, 3.63) is 77.7 Å². The van der Waals surface area contributed by atoms with Gasteiger partial charge in [-0.2, -0.15) is 5.10 Å². The smallest absolute Gasteiger partial charge is 0.317 e. The first-order valence-electron chi connectivity index (χ1n) is 9.33. The average molecular weight is 393 g/mol. The van der Waals surface area contributed by atoms with E-state index in [4.69, 9.17) is 4.74 Å². The van der Waals surface area contributed by atoms with Gasteiger partial charge in [0, 0.05) is 6.07 Å². The molecule has 0 aliphatic heterocycles. The average Bonchev–Trinajstić information content (AvgIpc) is 3.46. The Morgan fingerprint density at radius 1 is 1.14 bits per heavy atom. The Balaban J connectivity index is 1.41. The lowest BCUT2D eigenvalue weighted by molar-refractivity contribution is -0.150. The third kappa shape index (κ3) is 3.89. The number of benzene rings is 2. The van der Waals surface area contributed by atoms with Crippen LogP contribution < -0.4 is 5.32 Å². The molecule has 1 aliphatic carbocycles. The van der Waals surface area contributed by atoms with Crippen LogP contribution in [-0.4, -0.2) is 28.3 Å². The number of amides is 1. The number of carbonyl (C=O) groups excluding carboxylic acids is 2. The molecule has 1 fully saturated rings. The number of nitrogens with one attached hydrogen (secondary N) is 1. The number of esters is 1. The highest BCUT2D eigenvalue weighted by molar-refractivity contribution is 5.94. The molecule has 148 valence electrons. The van der Waals surface area contributed by atoms with Crippen LogP contribution in [0.3, 0.4) is 0 Å². The van der Waals surface area contributed by atoms with E-state index in [9.17, 15) is 14.0 Å². The summed E-state index contributed by atoms with van der Waals surface area (Å²) in [6.45, 7) is 1.40. The Hall–Kier alpha value is -3.48. The van der Waals surface area contributed by atoms with Gasteiger partial charge < -0.3 is 10.1 Å². The van der Waals surface area contributed by atoms with E-state index in [1.807, 2.05) is 30.3 Å². The number of anilines is 1. The lowest BCUT2D eigenvalue weighted by atomic mass is 9.96. The number of halogens is 1. The quantitative estimate of drug-likeness (QED) is 0.650. The Morgan fingerprint density at radius 3 is 2.48 bits per heavy atom. The summed E-state index contributed by atoms with van der Waals surface area (Å²) >= 11 is 0. The Labute approximate surface area is 167 Å². The molecule has 3 aromatic rings. The van der Waals surface area contributed by atoms with Gasteiger partial charge in [-0.1, -0.05) is 30.3 Å². The summed E-state index contributed by atoms with van der Waals surface area (Å²) in [6.07, 6.45) is 1.43. The van der Waals surface area contributed by atoms with Crippen molar-refractivity contribution in [3.63, 3.8) is 0 Å². The van der Waals surface area contributed by atoms with Crippen molar-refractivity contribution < 1.29 is 18.7 Å². The lowest BCUT2D eigenvalue weighted by Crippen LogP contribution is -2.28. The predicted octanol–water partition coefficient (Wildman–Crippen LogP) is 3.53. The number of hydrogen-bond donors (Lipinski definition) is 1. The predicted molar refractivity (Wildman–Crippen MR) is 105 cm³/mol. The summed E-state index contributed by atoms with van der Waals surface area (Å²) < 4.78 is 20.0. The van der Waals surface area contributed by atoms with Gasteiger partial charge in [0.25, 0.3) is 5.91 Å². The third-order valence-electron chi connectivity index (χ3n) is 4.97. The van der Waals surface area contributed by atoms with E-state index < -0.39 is 11.3 Å². The maximum atomic E-state index is 13.2. The second-order valence-electron chi connectivity index (χ2n) is 7.13. The number of carbonyl (C=O) groups is 2. The Bertz CT molecular complexity index is 1040. The summed E-state index contributed by atoms with van der Waals surface area (Å²) in [5, 5.41) is 7.02. The largest absolute Gasteiger partial charge is 0.455 e. The van der Waals surface area contributed by atoms with Crippen LogP contribution in [0.5, 0.6) is 0 Å². The van der Waals surface area contributed by atoms with Crippen LogP contribution in [0, 0.1) is 12.7 Å². The summed E-state index contributed by atoms with van der Waals surface area (Å²) in [4.78, 5) is 24.9. The van der Waals surface area contributed by atoms with Crippen LogP contribution in [0.1, 0.15) is 24.1 Å². The highest BCUT2D eigenvalue weighted by Gasteiger charge is 2.52. The first kappa shape index (κ1) is 18.9. The van der Waals surface area contributed by atoms with Crippen LogP contribution in [-0.2, 0) is 19.7 Å². The maximum Gasteiger partial charge on any atom is 0.317 e. The van der Waals surface area contributed by atoms with Gasteiger partial charge in [-0.3, -0.25) is 9.59 Å². The first-order chi connectivity index (χ1) is 14.0. The van der Waals surface area contributed by atoms with Crippen molar-refractivity contribution >= 4 is 17.7 Å². The van der Waals surface area contributed by atoms with E-state index in [0.29, 0.717) is 30.0 Å². The number of rotatable bonds is 6. The fourth-order valence-electron chi connectivity index (χ4n) is 3.31. The van der Waals surface area contributed by atoms with E-state index in [-0.39, 0.29) is 18.4 Å². The Morgan fingerprint density at radius 2 is 1.83 bits per heavy atom. The normalized spacial score (nSPS) is 14.3. The summed E-state index contributed by atoms with van der Waals surface area (Å²) in [6, 6.07) is 16.9. The van der Waals surface area contributed by atoms with Crippen molar-refractivity contribution in [2.24, 2.45) is 0 Å². The van der Waals surface area contributed by atoms with Gasteiger partial charge in [0.1, 0.15) is 11.6 Å². The van der Waals surface area contributed by atoms with Gasteiger partial charge in [-0.25, -0.2) is 9.07 Å². The zero-order valence-electron chi connectivity index (χ0n) is 15.9. The molecule has 0 radical (unpaired) electrons. The molecular formula is C22H20FN3O3. The van der Waals surface area contributed by atoms with Crippen molar-refractivity contribution in [2.75, 3.05) is 11.9 Å². The van der Waals surface area contributed by atoms with Gasteiger partial charge in [-0.15, -0.1) is 0 Å². The summed E-state index contributed by atoms with van der Waals surface area (Å²) in [5.41, 5.74) is 1.57. The van der Waals surface area contributed by atoms with E-state index in [1.54, 1.807) is 25.1 Å². The van der Waals surface area contributed by atoms with Gasteiger partial charge in [0.05, 0.1) is 16.8 Å². The van der Waals surface area contributed by atoms with Crippen LogP contribution in [0.15, 0.2) is 60.7 Å². The molecule has 0 saturated heterocycles. The van der Waals surface area contributed by atoms with Crippen molar-refractivity contribution in [1.82, 2.24) is 9.78 Å². The topological polar surface area (TPSA) is 73.2 Å². The molecule has 0 spiro atoms. The molecule has 1 aliphatic rings. The lowest BCUT2D eigenvalue weighted by Gasteiger charge is -2.15. The molecule has 0 bridgehead atoms. The number of hydrogen-bond acceptors (Lipinski definition) is 4. The zero-order chi connectivity index (χ0) is 20.4. The second-order valence-corrected chi connectivity index (χ2v) is 7.13. The minimum atomic E-state index is -0.631. The molecule has 0 atom stereocenters. The molecule has 4 rings (SSSR count). The fourth-order valence-corrected chi connectivity index (χ4v) is 3.31. The highest BCUT2D eigenvalue weighted by Crippen LogP contribution is 2.49. The van der Waals surface area contributed by atoms with E-state index in [2.05, 4.69) is 10.4 Å². The summed E-state index contributed by atoms with van der Waals surface area (Å²) in [5.74, 6) is -0.797. The van der Waals surface area contributed by atoms with Gasteiger partial charge >= 0.3 is 5.97 Å². The molecule has 1 amide bonds. The minimum absolute atomic E-state index is 0.359. The van der Waals surface area contributed by atoms with Crippen LogP contribution >= 0.6 is 0 Å². The van der Waals surface area contributed by atoms with Crippen molar-refractivity contribution in [3.8, 4) is 5.69 Å². The van der Waals surface area contributed by atoms with Gasteiger partial charge in [0.15, 0.2) is 6.61 Å². The van der Waals surface area contributed by atoms with E-state index in [0.717, 1.165) is 5.56 Å². The highest BCUT2D eigenvalue weighted by atomic mass is 19.1. The number of ether oxygens (including phenoxy) is 1.